The maximum atomic E-state index is 13.5. The zero-order chi connectivity index (χ0) is 27.9. The molecule has 0 radical (unpaired) electrons. The SMILES string of the molecule is CCS(=O)(=O)c1ccc(CCC(=O)N2CC(c3cc(C)cc(C)n3)C(c3cc(C4CC4)nn3C(C)C)C2)nc1. The van der Waals surface area contributed by atoms with Gasteiger partial charge in [0.15, 0.2) is 9.84 Å². The molecular formula is C30H39N5O3S. The molecule has 1 saturated carbocycles. The summed E-state index contributed by atoms with van der Waals surface area (Å²) >= 11 is 0. The van der Waals surface area contributed by atoms with Crippen molar-refractivity contribution in [3.63, 3.8) is 0 Å². The van der Waals surface area contributed by atoms with Crippen molar-refractivity contribution in [3.05, 3.63) is 70.6 Å². The molecule has 2 aliphatic rings. The van der Waals surface area contributed by atoms with Crippen LogP contribution >= 0.6 is 0 Å². The van der Waals surface area contributed by atoms with E-state index in [1.54, 1.807) is 19.1 Å². The van der Waals surface area contributed by atoms with Gasteiger partial charge in [-0.25, -0.2) is 8.42 Å². The van der Waals surface area contributed by atoms with E-state index in [2.05, 4.69) is 48.6 Å². The molecule has 0 spiro atoms. The van der Waals surface area contributed by atoms with Crippen molar-refractivity contribution < 1.29 is 13.2 Å². The maximum absolute atomic E-state index is 13.5. The summed E-state index contributed by atoms with van der Waals surface area (Å²) in [5, 5.41) is 5.00. The minimum atomic E-state index is -3.29. The second kappa shape index (κ2) is 10.8. The summed E-state index contributed by atoms with van der Waals surface area (Å²) in [7, 11) is -3.29. The summed E-state index contributed by atoms with van der Waals surface area (Å²) in [4.78, 5) is 24.9. The number of sulfone groups is 1. The zero-order valence-electron chi connectivity index (χ0n) is 23.6. The van der Waals surface area contributed by atoms with Crippen LogP contribution in [0.2, 0.25) is 0 Å². The van der Waals surface area contributed by atoms with Crippen LogP contribution in [0.15, 0.2) is 41.4 Å². The number of likely N-dealkylation sites (tertiary alicyclic amines) is 1. The lowest BCUT2D eigenvalue weighted by Gasteiger charge is -2.21. The maximum Gasteiger partial charge on any atom is 0.223 e. The summed E-state index contributed by atoms with van der Waals surface area (Å²) in [6.45, 7) is 11.3. The number of nitrogens with zero attached hydrogens (tertiary/aromatic N) is 5. The minimum absolute atomic E-state index is 0.0387. The average Bonchev–Trinajstić information content (AvgIpc) is 3.49. The molecule has 1 aliphatic heterocycles. The fourth-order valence-electron chi connectivity index (χ4n) is 5.67. The van der Waals surface area contributed by atoms with Gasteiger partial charge in [0, 0.05) is 72.3 Å². The van der Waals surface area contributed by atoms with E-state index >= 15 is 0 Å². The first-order valence-corrected chi connectivity index (χ1v) is 15.7. The number of carbonyl (C=O) groups is 1. The highest BCUT2D eigenvalue weighted by atomic mass is 32.2. The van der Waals surface area contributed by atoms with E-state index in [1.807, 2.05) is 11.8 Å². The van der Waals surface area contributed by atoms with Crippen LogP contribution in [-0.2, 0) is 21.1 Å². The van der Waals surface area contributed by atoms with E-state index < -0.39 is 9.84 Å². The van der Waals surface area contributed by atoms with E-state index in [0.29, 0.717) is 37.5 Å². The number of rotatable bonds is 9. The van der Waals surface area contributed by atoms with Gasteiger partial charge < -0.3 is 4.90 Å². The van der Waals surface area contributed by atoms with Crippen LogP contribution in [0.25, 0.3) is 0 Å². The van der Waals surface area contributed by atoms with Gasteiger partial charge in [-0.15, -0.1) is 0 Å². The predicted octanol–water partition coefficient (Wildman–Crippen LogP) is 4.88. The van der Waals surface area contributed by atoms with Gasteiger partial charge in [-0.05, 0) is 82.9 Å². The van der Waals surface area contributed by atoms with Crippen LogP contribution in [0.4, 0.5) is 0 Å². The highest BCUT2D eigenvalue weighted by Crippen LogP contribution is 2.44. The summed E-state index contributed by atoms with van der Waals surface area (Å²) in [6.07, 6.45) is 4.59. The van der Waals surface area contributed by atoms with E-state index in [0.717, 1.165) is 11.4 Å². The number of aryl methyl sites for hydroxylation is 3. The van der Waals surface area contributed by atoms with Gasteiger partial charge in [0.25, 0.3) is 0 Å². The zero-order valence-corrected chi connectivity index (χ0v) is 24.4. The van der Waals surface area contributed by atoms with Crippen molar-refractivity contribution in [1.29, 1.82) is 0 Å². The molecule has 0 N–H and O–H groups in total. The Kier molecular flexibility index (Phi) is 7.64. The molecule has 1 saturated heterocycles. The molecular weight excluding hydrogens is 510 g/mol. The van der Waals surface area contributed by atoms with Crippen LogP contribution in [0.5, 0.6) is 0 Å². The Balaban J connectivity index is 1.38. The fraction of sp³-hybridized carbons (Fsp3) is 0.533. The van der Waals surface area contributed by atoms with Crippen molar-refractivity contribution in [3.8, 4) is 0 Å². The first-order valence-electron chi connectivity index (χ1n) is 14.1. The third-order valence-electron chi connectivity index (χ3n) is 7.95. The topological polar surface area (TPSA) is 98.0 Å². The third kappa shape index (κ3) is 5.93. The molecule has 2 unspecified atom stereocenters. The lowest BCUT2D eigenvalue weighted by Crippen LogP contribution is -2.29. The molecule has 2 atom stereocenters. The molecule has 8 nitrogen and oxygen atoms in total. The highest BCUT2D eigenvalue weighted by molar-refractivity contribution is 7.91. The summed E-state index contributed by atoms with van der Waals surface area (Å²) < 4.78 is 26.3. The second-order valence-corrected chi connectivity index (χ2v) is 13.7. The van der Waals surface area contributed by atoms with Gasteiger partial charge in [-0.1, -0.05) is 6.92 Å². The summed E-state index contributed by atoms with van der Waals surface area (Å²) in [6, 6.07) is 10.1. The van der Waals surface area contributed by atoms with Gasteiger partial charge in [0.05, 0.1) is 16.3 Å². The third-order valence-corrected chi connectivity index (χ3v) is 9.67. The van der Waals surface area contributed by atoms with Crippen LogP contribution in [-0.4, -0.2) is 57.8 Å². The Hall–Kier alpha value is -3.07. The molecule has 0 aromatic carbocycles. The van der Waals surface area contributed by atoms with E-state index in [1.165, 1.54) is 36.0 Å². The van der Waals surface area contributed by atoms with Crippen molar-refractivity contribution in [2.24, 2.45) is 0 Å². The Labute approximate surface area is 231 Å². The van der Waals surface area contributed by atoms with E-state index in [9.17, 15) is 13.2 Å². The summed E-state index contributed by atoms with van der Waals surface area (Å²) in [5.41, 5.74) is 6.29. The lowest BCUT2D eigenvalue weighted by atomic mass is 9.88. The van der Waals surface area contributed by atoms with Gasteiger partial charge in [-0.3, -0.25) is 19.4 Å². The minimum Gasteiger partial charge on any atom is -0.341 e. The molecule has 1 amide bonds. The standard InChI is InChI=1S/C30H39N5O3S/c1-6-39(37,38)24-11-9-23(31-16-24)10-12-30(36)34-17-25(28-14-20(4)13-21(5)32-28)26(18-34)29-15-27(22-7-8-22)33-35(29)19(2)3/h9,11,13-16,19,22,25-26H,6-8,10,12,17-18H2,1-5H3. The molecule has 9 heteroatoms. The van der Waals surface area contributed by atoms with Gasteiger partial charge in [0.1, 0.15) is 0 Å². The number of aromatic nitrogens is 4. The normalized spacial score (nSPS) is 19.7. The van der Waals surface area contributed by atoms with E-state index in [4.69, 9.17) is 10.1 Å². The average molecular weight is 550 g/mol. The molecule has 3 aromatic heterocycles. The van der Waals surface area contributed by atoms with Crippen molar-refractivity contribution in [2.45, 2.75) is 89.0 Å². The smallest absolute Gasteiger partial charge is 0.223 e. The largest absolute Gasteiger partial charge is 0.341 e. The molecule has 3 aromatic rings. The quantitative estimate of drug-likeness (QED) is 0.377. The molecule has 2 fully saturated rings. The van der Waals surface area contributed by atoms with Gasteiger partial charge >= 0.3 is 0 Å². The second-order valence-electron chi connectivity index (χ2n) is 11.4. The van der Waals surface area contributed by atoms with Gasteiger partial charge in [-0.2, -0.15) is 5.10 Å². The predicted molar refractivity (Wildman–Crippen MR) is 151 cm³/mol. The van der Waals surface area contributed by atoms with Crippen LogP contribution in [0.3, 0.4) is 0 Å². The van der Waals surface area contributed by atoms with Crippen molar-refractivity contribution in [1.82, 2.24) is 24.6 Å². The molecule has 5 rings (SSSR count). The molecule has 4 heterocycles. The molecule has 1 aliphatic carbocycles. The molecule has 208 valence electrons. The molecule has 0 bridgehead atoms. The number of amides is 1. The van der Waals surface area contributed by atoms with Gasteiger partial charge in [0.2, 0.25) is 5.91 Å². The van der Waals surface area contributed by atoms with Crippen LogP contribution in [0, 0.1) is 13.8 Å². The summed E-state index contributed by atoms with van der Waals surface area (Å²) in [5.74, 6) is 0.882. The Morgan fingerprint density at radius 2 is 1.79 bits per heavy atom. The van der Waals surface area contributed by atoms with Crippen molar-refractivity contribution in [2.75, 3.05) is 18.8 Å². The highest BCUT2D eigenvalue weighted by Gasteiger charge is 2.41. The lowest BCUT2D eigenvalue weighted by molar-refractivity contribution is -0.130. The first-order chi connectivity index (χ1) is 18.6. The van der Waals surface area contributed by atoms with E-state index in [-0.39, 0.29) is 34.4 Å². The van der Waals surface area contributed by atoms with Crippen LogP contribution < -0.4 is 0 Å². The number of hydrogen-bond acceptors (Lipinski definition) is 6. The molecule has 39 heavy (non-hydrogen) atoms. The van der Waals surface area contributed by atoms with Crippen LogP contribution in [0.1, 0.15) is 97.9 Å². The monoisotopic (exact) mass is 549 g/mol. The number of pyridine rings is 2. The number of hydrogen-bond donors (Lipinski definition) is 0. The first kappa shape index (κ1) is 27.5. The Morgan fingerprint density at radius 1 is 1.05 bits per heavy atom. The Morgan fingerprint density at radius 3 is 2.41 bits per heavy atom. The van der Waals surface area contributed by atoms with Crippen molar-refractivity contribution >= 4 is 15.7 Å². The fourth-order valence-corrected chi connectivity index (χ4v) is 6.49. The Bertz CT molecular complexity index is 1440. The number of carbonyl (C=O) groups excluding carboxylic acids is 1.